The molecule has 0 saturated carbocycles. The van der Waals surface area contributed by atoms with Gasteiger partial charge in [-0.25, -0.2) is 4.98 Å². The van der Waals surface area contributed by atoms with E-state index in [1.165, 1.54) is 25.1 Å². The molecule has 1 atom stereocenters. The lowest BCUT2D eigenvalue weighted by molar-refractivity contribution is -0.144. The largest absolute Gasteiger partial charge is 0.459 e. The number of aromatic amines is 1. The van der Waals surface area contributed by atoms with E-state index in [0.29, 0.717) is 32.0 Å². The van der Waals surface area contributed by atoms with Crippen molar-refractivity contribution >= 4 is 23.2 Å². The summed E-state index contributed by atoms with van der Waals surface area (Å²) in [4.78, 5) is 19.2. The zero-order valence-corrected chi connectivity index (χ0v) is 18.5. The van der Waals surface area contributed by atoms with E-state index in [-0.39, 0.29) is 40.6 Å². The van der Waals surface area contributed by atoms with Gasteiger partial charge in [0.25, 0.3) is 6.47 Å². The van der Waals surface area contributed by atoms with E-state index >= 15 is 0 Å². The minimum absolute atomic E-state index is 0.0573. The second kappa shape index (κ2) is 9.40. The van der Waals surface area contributed by atoms with Crippen LogP contribution in [-0.4, -0.2) is 42.7 Å². The zero-order valence-electron chi connectivity index (χ0n) is 18.5. The number of benzene rings is 2. The monoisotopic (exact) mass is 501 g/mol. The van der Waals surface area contributed by atoms with Crippen molar-refractivity contribution in [3.05, 3.63) is 58.4 Å². The molecule has 0 radical (unpaired) electrons. The van der Waals surface area contributed by atoms with Crippen LogP contribution in [0.4, 0.5) is 32.0 Å². The molecule has 1 aromatic heterocycles. The topological polar surface area (TPSA) is 67.4 Å². The first-order chi connectivity index (χ1) is 16.5. The number of nitrogens with zero attached hydrogens (tertiary/aromatic N) is 2. The third-order valence-corrected chi connectivity index (χ3v) is 5.97. The number of alkyl halides is 6. The van der Waals surface area contributed by atoms with Crippen LogP contribution in [-0.2, 0) is 33.0 Å². The Bertz CT molecular complexity index is 1220. The standard InChI is InChI=1S/C23H21F6N3O3/c1-13-14(3-2-4-17(13)22(24,25)26)9-19(35-12-33)16-10-15(32-5-7-34-8-6-32)11-18-20(16)31-21(30-18)23(27,28)29/h2-4,10-12,19H,5-9H2,1H3,(H,30,31). The van der Waals surface area contributed by atoms with Crippen LogP contribution in [0.1, 0.15) is 34.2 Å². The van der Waals surface area contributed by atoms with E-state index in [0.717, 1.165) is 6.07 Å². The van der Waals surface area contributed by atoms with Crippen LogP contribution < -0.4 is 4.90 Å². The number of nitrogens with one attached hydrogen (secondary N) is 1. The Kier molecular flexibility index (Phi) is 6.67. The van der Waals surface area contributed by atoms with Crippen molar-refractivity contribution in [2.75, 3.05) is 31.2 Å². The number of hydrogen-bond acceptors (Lipinski definition) is 5. The number of halogens is 6. The highest BCUT2D eigenvalue weighted by atomic mass is 19.4. The summed E-state index contributed by atoms with van der Waals surface area (Å²) in [6.45, 7) is 3.22. The summed E-state index contributed by atoms with van der Waals surface area (Å²) in [6.07, 6.45) is -10.7. The van der Waals surface area contributed by atoms with E-state index < -0.39 is 29.8 Å². The number of rotatable bonds is 6. The summed E-state index contributed by atoms with van der Waals surface area (Å²) in [6, 6.07) is 6.71. The molecule has 2 heterocycles. The molecule has 1 unspecified atom stereocenters. The van der Waals surface area contributed by atoms with E-state index in [1.54, 1.807) is 6.07 Å². The van der Waals surface area contributed by atoms with Crippen LogP contribution in [0.2, 0.25) is 0 Å². The van der Waals surface area contributed by atoms with Gasteiger partial charge in [-0.2, -0.15) is 26.3 Å². The van der Waals surface area contributed by atoms with Crippen LogP contribution >= 0.6 is 0 Å². The molecular weight excluding hydrogens is 480 g/mol. The number of ether oxygens (including phenoxy) is 2. The van der Waals surface area contributed by atoms with Gasteiger partial charge in [-0.05, 0) is 36.2 Å². The Morgan fingerprint density at radius 3 is 2.49 bits per heavy atom. The second-order valence-electron chi connectivity index (χ2n) is 8.13. The number of aromatic nitrogens is 2. The second-order valence-corrected chi connectivity index (χ2v) is 8.13. The molecule has 6 nitrogen and oxygen atoms in total. The SMILES string of the molecule is Cc1c(CC(OC=O)c2cc(N3CCOCC3)cc3[nH]c(C(F)(F)F)nc23)cccc1C(F)(F)F. The van der Waals surface area contributed by atoms with Gasteiger partial charge in [0, 0.05) is 30.8 Å². The maximum atomic E-state index is 13.4. The summed E-state index contributed by atoms with van der Waals surface area (Å²) >= 11 is 0. The van der Waals surface area contributed by atoms with Crippen LogP contribution in [0, 0.1) is 6.92 Å². The zero-order chi connectivity index (χ0) is 25.4. The number of carbonyl (C=O) groups is 1. The molecule has 12 heteroatoms. The van der Waals surface area contributed by atoms with Crippen molar-refractivity contribution in [1.82, 2.24) is 9.97 Å². The fourth-order valence-corrected chi connectivity index (χ4v) is 4.22. The highest BCUT2D eigenvalue weighted by molar-refractivity contribution is 5.84. The van der Waals surface area contributed by atoms with E-state index in [1.807, 2.05) is 4.90 Å². The first kappa shape index (κ1) is 24.8. The van der Waals surface area contributed by atoms with Crippen molar-refractivity contribution in [3.63, 3.8) is 0 Å². The van der Waals surface area contributed by atoms with E-state index in [9.17, 15) is 31.1 Å². The van der Waals surface area contributed by atoms with Crippen molar-refractivity contribution in [2.24, 2.45) is 0 Å². The van der Waals surface area contributed by atoms with Gasteiger partial charge in [0.1, 0.15) is 6.10 Å². The summed E-state index contributed by atoms with van der Waals surface area (Å²) in [5.74, 6) is -1.23. The molecule has 0 amide bonds. The third-order valence-electron chi connectivity index (χ3n) is 5.97. The third kappa shape index (κ3) is 5.21. The van der Waals surface area contributed by atoms with Gasteiger partial charge in [-0.3, -0.25) is 4.79 Å². The maximum Gasteiger partial charge on any atom is 0.449 e. The van der Waals surface area contributed by atoms with Crippen LogP contribution in [0.15, 0.2) is 30.3 Å². The highest BCUT2D eigenvalue weighted by Gasteiger charge is 2.36. The smallest absolute Gasteiger partial charge is 0.449 e. The Morgan fingerprint density at radius 1 is 1.14 bits per heavy atom. The first-order valence-corrected chi connectivity index (χ1v) is 10.7. The molecule has 188 valence electrons. The quantitative estimate of drug-likeness (QED) is 0.372. The number of imidazole rings is 1. The van der Waals surface area contributed by atoms with Crippen molar-refractivity contribution < 1.29 is 40.6 Å². The molecule has 0 aliphatic carbocycles. The molecule has 4 rings (SSSR count). The number of carbonyl (C=O) groups excluding carboxylic acids is 1. The Hall–Kier alpha value is -3.28. The van der Waals surface area contributed by atoms with E-state index in [4.69, 9.17) is 9.47 Å². The van der Waals surface area contributed by atoms with Gasteiger partial charge in [-0.1, -0.05) is 12.1 Å². The molecule has 1 N–H and O–H groups in total. The van der Waals surface area contributed by atoms with Crippen LogP contribution in [0.5, 0.6) is 0 Å². The summed E-state index contributed by atoms with van der Waals surface area (Å²) in [5.41, 5.74) is 0.0305. The normalized spacial score (nSPS) is 15.9. The van der Waals surface area contributed by atoms with Crippen molar-refractivity contribution in [1.29, 1.82) is 0 Å². The fourth-order valence-electron chi connectivity index (χ4n) is 4.22. The average molecular weight is 501 g/mol. The minimum atomic E-state index is -4.76. The van der Waals surface area contributed by atoms with Gasteiger partial charge < -0.3 is 19.4 Å². The molecule has 1 aliphatic heterocycles. The van der Waals surface area contributed by atoms with Crippen LogP contribution in [0.25, 0.3) is 11.0 Å². The number of fused-ring (bicyclic) bond motifs is 1. The number of hydrogen-bond donors (Lipinski definition) is 1. The molecule has 3 aromatic rings. The molecule has 1 fully saturated rings. The first-order valence-electron chi connectivity index (χ1n) is 10.7. The maximum absolute atomic E-state index is 13.4. The molecule has 0 spiro atoms. The average Bonchev–Trinajstić information content (AvgIpc) is 3.24. The van der Waals surface area contributed by atoms with Gasteiger partial charge >= 0.3 is 12.4 Å². The molecule has 1 saturated heterocycles. The Morgan fingerprint density at radius 2 is 1.86 bits per heavy atom. The Balaban J connectivity index is 1.84. The van der Waals surface area contributed by atoms with Gasteiger partial charge in [0.15, 0.2) is 0 Å². The number of anilines is 1. The van der Waals surface area contributed by atoms with E-state index in [2.05, 4.69) is 9.97 Å². The van der Waals surface area contributed by atoms with Gasteiger partial charge in [0.2, 0.25) is 5.82 Å². The van der Waals surface area contributed by atoms with Gasteiger partial charge in [0.05, 0.1) is 29.8 Å². The Labute approximate surface area is 195 Å². The number of H-pyrrole nitrogens is 1. The lowest BCUT2D eigenvalue weighted by atomic mass is 9.94. The molecule has 2 aromatic carbocycles. The molecule has 1 aliphatic rings. The number of morpholine rings is 1. The molecular formula is C23H21F6N3O3. The summed E-state index contributed by atoms with van der Waals surface area (Å²) < 4.78 is 90.9. The predicted octanol–water partition coefficient (Wildman–Crippen LogP) is 5.20. The summed E-state index contributed by atoms with van der Waals surface area (Å²) in [5, 5.41) is 0. The fraction of sp³-hybridized carbons (Fsp3) is 0.391. The lowest BCUT2D eigenvalue weighted by Gasteiger charge is -2.30. The molecule has 0 bridgehead atoms. The molecule has 35 heavy (non-hydrogen) atoms. The van der Waals surface area contributed by atoms with Crippen molar-refractivity contribution in [3.8, 4) is 0 Å². The lowest BCUT2D eigenvalue weighted by Crippen LogP contribution is -2.36. The van der Waals surface area contributed by atoms with Crippen molar-refractivity contribution in [2.45, 2.75) is 31.8 Å². The van der Waals surface area contributed by atoms with Crippen LogP contribution in [0.3, 0.4) is 0 Å². The predicted molar refractivity (Wildman–Crippen MR) is 114 cm³/mol. The minimum Gasteiger partial charge on any atom is -0.459 e. The highest BCUT2D eigenvalue weighted by Crippen LogP contribution is 2.38. The van der Waals surface area contributed by atoms with Gasteiger partial charge in [-0.15, -0.1) is 0 Å². The summed E-state index contributed by atoms with van der Waals surface area (Å²) in [7, 11) is 0.